The summed E-state index contributed by atoms with van der Waals surface area (Å²) >= 11 is 0. The van der Waals surface area contributed by atoms with Gasteiger partial charge >= 0.3 is 0 Å². The summed E-state index contributed by atoms with van der Waals surface area (Å²) in [6, 6.07) is 10.2. The number of benzene rings is 1. The minimum Gasteiger partial charge on any atom is -0.347 e. The molecule has 0 radical (unpaired) electrons. The fourth-order valence-electron chi connectivity index (χ4n) is 1.80. The normalized spacial score (nSPS) is 10.1. The SMILES string of the molecule is C#CCNC(=O)CCn1ccc2ccccc21. The first-order chi connectivity index (χ1) is 8.31. The molecule has 0 atom stereocenters. The van der Waals surface area contributed by atoms with Crippen LogP contribution in [-0.2, 0) is 11.3 Å². The fraction of sp³-hybridized carbons (Fsp3) is 0.214. The largest absolute Gasteiger partial charge is 0.347 e. The number of carbonyl (C=O) groups is 1. The number of hydrogen-bond acceptors (Lipinski definition) is 1. The lowest BCUT2D eigenvalue weighted by Gasteiger charge is -2.05. The van der Waals surface area contributed by atoms with Crippen LogP contribution in [0.5, 0.6) is 0 Å². The highest BCUT2D eigenvalue weighted by molar-refractivity contribution is 5.80. The van der Waals surface area contributed by atoms with Crippen LogP contribution in [0.4, 0.5) is 0 Å². The number of aromatic nitrogens is 1. The molecule has 17 heavy (non-hydrogen) atoms. The Morgan fingerprint density at radius 1 is 1.35 bits per heavy atom. The predicted octanol–water partition coefficient (Wildman–Crippen LogP) is 1.78. The maximum absolute atomic E-state index is 11.4. The van der Waals surface area contributed by atoms with Gasteiger partial charge in [-0.05, 0) is 17.5 Å². The number of aryl methyl sites for hydroxylation is 1. The maximum Gasteiger partial charge on any atom is 0.222 e. The topological polar surface area (TPSA) is 34.0 Å². The number of rotatable bonds is 4. The van der Waals surface area contributed by atoms with E-state index in [-0.39, 0.29) is 5.91 Å². The van der Waals surface area contributed by atoms with Crippen molar-refractivity contribution >= 4 is 16.8 Å². The summed E-state index contributed by atoms with van der Waals surface area (Å²) in [5, 5.41) is 3.85. The average Bonchev–Trinajstić information content (AvgIpc) is 2.77. The summed E-state index contributed by atoms with van der Waals surface area (Å²) in [7, 11) is 0. The summed E-state index contributed by atoms with van der Waals surface area (Å²) in [4.78, 5) is 11.4. The highest BCUT2D eigenvalue weighted by Crippen LogP contribution is 2.15. The molecule has 86 valence electrons. The van der Waals surface area contributed by atoms with Crippen molar-refractivity contribution in [2.24, 2.45) is 0 Å². The Labute approximate surface area is 100 Å². The van der Waals surface area contributed by atoms with Gasteiger partial charge in [-0.25, -0.2) is 0 Å². The van der Waals surface area contributed by atoms with Gasteiger partial charge in [-0.15, -0.1) is 6.42 Å². The summed E-state index contributed by atoms with van der Waals surface area (Å²) in [6.07, 6.45) is 7.52. The molecule has 0 aliphatic rings. The van der Waals surface area contributed by atoms with Crippen molar-refractivity contribution in [2.75, 3.05) is 6.54 Å². The first kappa shape index (κ1) is 11.3. The quantitative estimate of drug-likeness (QED) is 0.792. The van der Waals surface area contributed by atoms with E-state index < -0.39 is 0 Å². The lowest BCUT2D eigenvalue weighted by molar-refractivity contribution is -0.121. The van der Waals surface area contributed by atoms with Gasteiger partial charge in [0.05, 0.1) is 6.54 Å². The molecule has 0 aliphatic carbocycles. The molecule has 0 saturated heterocycles. The summed E-state index contributed by atoms with van der Waals surface area (Å²) in [5.41, 5.74) is 1.15. The van der Waals surface area contributed by atoms with E-state index in [1.165, 1.54) is 5.39 Å². The van der Waals surface area contributed by atoms with E-state index in [0.29, 0.717) is 19.5 Å². The number of amides is 1. The molecular weight excluding hydrogens is 212 g/mol. The molecule has 1 N–H and O–H groups in total. The lowest BCUT2D eigenvalue weighted by atomic mass is 10.2. The van der Waals surface area contributed by atoms with Crippen LogP contribution in [0, 0.1) is 12.3 Å². The van der Waals surface area contributed by atoms with Gasteiger partial charge < -0.3 is 9.88 Å². The van der Waals surface area contributed by atoms with E-state index in [9.17, 15) is 4.79 Å². The minimum absolute atomic E-state index is 0.0132. The van der Waals surface area contributed by atoms with Gasteiger partial charge in [-0.3, -0.25) is 4.79 Å². The van der Waals surface area contributed by atoms with Crippen molar-refractivity contribution in [3.8, 4) is 12.3 Å². The van der Waals surface area contributed by atoms with Crippen LogP contribution in [0.3, 0.4) is 0 Å². The van der Waals surface area contributed by atoms with Crippen LogP contribution in [0.1, 0.15) is 6.42 Å². The number of carbonyl (C=O) groups excluding carboxylic acids is 1. The highest BCUT2D eigenvalue weighted by atomic mass is 16.1. The van der Waals surface area contributed by atoms with Gasteiger partial charge in [0.25, 0.3) is 0 Å². The predicted molar refractivity (Wildman–Crippen MR) is 68.4 cm³/mol. The van der Waals surface area contributed by atoms with Gasteiger partial charge in [0, 0.05) is 24.7 Å². The summed E-state index contributed by atoms with van der Waals surface area (Å²) in [6.45, 7) is 0.967. The maximum atomic E-state index is 11.4. The van der Waals surface area contributed by atoms with Crippen LogP contribution in [0.2, 0.25) is 0 Å². The third kappa shape index (κ3) is 2.67. The average molecular weight is 226 g/mol. The Hall–Kier alpha value is -2.21. The second-order valence-electron chi connectivity index (χ2n) is 3.80. The molecule has 0 unspecified atom stereocenters. The van der Waals surface area contributed by atoms with Gasteiger partial charge in [-0.1, -0.05) is 24.1 Å². The molecule has 3 heteroatoms. The zero-order valence-corrected chi connectivity index (χ0v) is 9.52. The molecule has 0 bridgehead atoms. The van der Waals surface area contributed by atoms with Gasteiger partial charge in [0.1, 0.15) is 0 Å². The van der Waals surface area contributed by atoms with Crippen molar-refractivity contribution in [1.82, 2.24) is 9.88 Å². The standard InChI is InChI=1S/C14H14N2O/c1-2-9-15-14(17)8-11-16-10-7-12-5-3-4-6-13(12)16/h1,3-7,10H,8-9,11H2,(H,15,17). The number of nitrogens with zero attached hydrogens (tertiary/aromatic N) is 1. The molecule has 0 aliphatic heterocycles. The van der Waals surface area contributed by atoms with Crippen LogP contribution >= 0.6 is 0 Å². The van der Waals surface area contributed by atoms with Crippen LogP contribution in [0.25, 0.3) is 10.9 Å². The molecule has 3 nitrogen and oxygen atoms in total. The number of hydrogen-bond donors (Lipinski definition) is 1. The number of para-hydroxylation sites is 1. The smallest absolute Gasteiger partial charge is 0.222 e. The molecule has 0 spiro atoms. The van der Waals surface area contributed by atoms with Crippen LogP contribution in [-0.4, -0.2) is 17.0 Å². The van der Waals surface area contributed by atoms with Gasteiger partial charge in [-0.2, -0.15) is 0 Å². The molecule has 0 fully saturated rings. The molecule has 1 aromatic heterocycles. The Bertz CT molecular complexity index is 563. The molecule has 1 heterocycles. The van der Waals surface area contributed by atoms with E-state index in [0.717, 1.165) is 5.52 Å². The number of nitrogens with one attached hydrogen (secondary N) is 1. The van der Waals surface area contributed by atoms with E-state index in [1.54, 1.807) is 0 Å². The zero-order valence-electron chi connectivity index (χ0n) is 9.52. The Balaban J connectivity index is 2.00. The van der Waals surface area contributed by atoms with Gasteiger partial charge in [0.15, 0.2) is 0 Å². The third-order valence-electron chi connectivity index (χ3n) is 2.65. The summed E-state index contributed by atoms with van der Waals surface area (Å²) < 4.78 is 2.07. The first-order valence-electron chi connectivity index (χ1n) is 5.55. The Morgan fingerprint density at radius 3 is 3.00 bits per heavy atom. The summed E-state index contributed by atoms with van der Waals surface area (Å²) in [5.74, 6) is 2.37. The molecular formula is C14H14N2O. The highest BCUT2D eigenvalue weighted by Gasteiger charge is 2.03. The van der Waals surface area contributed by atoms with Crippen LogP contribution < -0.4 is 5.32 Å². The van der Waals surface area contributed by atoms with Crippen molar-refractivity contribution < 1.29 is 4.79 Å². The zero-order chi connectivity index (χ0) is 12.1. The van der Waals surface area contributed by atoms with Crippen molar-refractivity contribution in [2.45, 2.75) is 13.0 Å². The molecule has 1 amide bonds. The van der Waals surface area contributed by atoms with E-state index >= 15 is 0 Å². The van der Waals surface area contributed by atoms with E-state index in [4.69, 9.17) is 6.42 Å². The van der Waals surface area contributed by atoms with Crippen molar-refractivity contribution in [3.63, 3.8) is 0 Å². The molecule has 2 aromatic rings. The third-order valence-corrected chi connectivity index (χ3v) is 2.65. The van der Waals surface area contributed by atoms with Crippen molar-refractivity contribution in [1.29, 1.82) is 0 Å². The Kier molecular flexibility index (Phi) is 3.46. The second-order valence-corrected chi connectivity index (χ2v) is 3.80. The fourth-order valence-corrected chi connectivity index (χ4v) is 1.80. The Morgan fingerprint density at radius 2 is 2.18 bits per heavy atom. The number of fused-ring (bicyclic) bond motifs is 1. The van der Waals surface area contributed by atoms with Crippen LogP contribution in [0.15, 0.2) is 36.5 Å². The first-order valence-corrected chi connectivity index (χ1v) is 5.55. The van der Waals surface area contributed by atoms with E-state index in [2.05, 4.69) is 34.0 Å². The molecule has 0 saturated carbocycles. The molecule has 2 rings (SSSR count). The molecule has 1 aromatic carbocycles. The second kappa shape index (κ2) is 5.22. The van der Waals surface area contributed by atoms with Crippen molar-refractivity contribution in [3.05, 3.63) is 36.5 Å². The number of terminal acetylenes is 1. The van der Waals surface area contributed by atoms with E-state index in [1.807, 2.05) is 18.3 Å². The van der Waals surface area contributed by atoms with Gasteiger partial charge in [0.2, 0.25) is 5.91 Å². The minimum atomic E-state index is -0.0132. The lowest BCUT2D eigenvalue weighted by Crippen LogP contribution is -2.24. The monoisotopic (exact) mass is 226 g/mol.